The lowest BCUT2D eigenvalue weighted by Gasteiger charge is -2.42. The monoisotopic (exact) mass is 449 g/mol. The lowest BCUT2D eigenvalue weighted by atomic mass is 9.83. The molecule has 5 N–H and O–H groups in total. The largest absolute Gasteiger partial charge is 0.420 e. The van der Waals surface area contributed by atoms with Gasteiger partial charge in [-0.1, -0.05) is 18.1 Å². The first kappa shape index (κ1) is 22.5. The first-order valence-corrected chi connectivity index (χ1v) is 10.5. The molecule has 2 saturated heterocycles. The van der Waals surface area contributed by atoms with Crippen LogP contribution >= 0.6 is 0 Å². The Morgan fingerprint density at radius 3 is 2.36 bits per heavy atom. The van der Waals surface area contributed by atoms with E-state index in [1.54, 1.807) is 53.4 Å². The number of carbonyl (C=O) groups is 3. The van der Waals surface area contributed by atoms with Gasteiger partial charge in [-0.15, -0.1) is 6.42 Å². The number of carbonyl (C=O) groups excluding carboxylic acids is 3. The number of nitrogens with two attached hydrogens (primary N) is 2. The van der Waals surface area contributed by atoms with Crippen molar-refractivity contribution in [2.45, 2.75) is 18.1 Å². The number of likely N-dealkylation sites (tertiary alicyclic amines) is 1. The van der Waals surface area contributed by atoms with Gasteiger partial charge in [0.05, 0.1) is 6.61 Å². The maximum atomic E-state index is 13.1. The van der Waals surface area contributed by atoms with Gasteiger partial charge in [-0.25, -0.2) is 4.79 Å². The lowest BCUT2D eigenvalue weighted by Crippen LogP contribution is -2.70. The van der Waals surface area contributed by atoms with Gasteiger partial charge in [0, 0.05) is 41.9 Å². The topological polar surface area (TPSA) is 136 Å². The molecule has 1 unspecified atom stereocenters. The van der Waals surface area contributed by atoms with E-state index in [4.69, 9.17) is 22.6 Å². The molecule has 0 aliphatic carbocycles. The Balaban J connectivity index is 1.87. The van der Waals surface area contributed by atoms with Gasteiger partial charge in [0.1, 0.15) is 24.9 Å². The number of nitrogens with zero attached hydrogens (tertiary/aromatic N) is 2. The number of morpholine rings is 1. The molecule has 9 nitrogen and oxygen atoms in total. The van der Waals surface area contributed by atoms with Gasteiger partial charge in [0.25, 0.3) is 11.8 Å². The number of aliphatic hydroxyl groups is 1. The van der Waals surface area contributed by atoms with E-state index < -0.39 is 28.1 Å². The Kier molecular flexibility index (Phi) is 5.68. The number of quaternary nitrogens is 1. The lowest BCUT2D eigenvalue weighted by molar-refractivity contribution is -0.127. The summed E-state index contributed by atoms with van der Waals surface area (Å²) in [5.74, 6) is 1.53. The standard InChI is InChI=1S/C24H24N4O5/c1-2-16-3-9-19(10-4-16)28(23(26)32)14-20(29)13-24(28,22(25)31)17-5-7-18(8-6-17)27-11-12-33-15-21(27)30/h1,3-10,20,29H,11-15H2,(H3-,25,26,31,32)/p+1/t20-,24-,28?/m1/s1. The van der Waals surface area contributed by atoms with Gasteiger partial charge in [-0.2, -0.15) is 4.48 Å². The summed E-state index contributed by atoms with van der Waals surface area (Å²) in [4.78, 5) is 39.9. The van der Waals surface area contributed by atoms with E-state index in [0.717, 1.165) is 0 Å². The quantitative estimate of drug-likeness (QED) is 0.463. The van der Waals surface area contributed by atoms with Crippen LogP contribution in [-0.4, -0.2) is 55.4 Å². The van der Waals surface area contributed by atoms with E-state index in [2.05, 4.69) is 5.92 Å². The van der Waals surface area contributed by atoms with Crippen LogP contribution in [0.15, 0.2) is 48.5 Å². The fourth-order valence-electron chi connectivity index (χ4n) is 5.05. The third-order valence-electron chi connectivity index (χ3n) is 6.57. The molecule has 33 heavy (non-hydrogen) atoms. The molecule has 2 aliphatic heterocycles. The molecular formula is C24H25N4O5+. The van der Waals surface area contributed by atoms with Crippen molar-refractivity contribution in [3.05, 3.63) is 59.7 Å². The number of hydrogen-bond donors (Lipinski definition) is 3. The molecule has 3 atom stereocenters. The van der Waals surface area contributed by atoms with Crippen LogP contribution < -0.4 is 20.9 Å². The van der Waals surface area contributed by atoms with E-state index in [0.29, 0.717) is 35.7 Å². The van der Waals surface area contributed by atoms with Gasteiger partial charge in [-0.3, -0.25) is 9.59 Å². The first-order valence-electron chi connectivity index (χ1n) is 10.5. The van der Waals surface area contributed by atoms with Gasteiger partial charge < -0.3 is 26.2 Å². The number of aliphatic hydroxyl groups excluding tert-OH is 1. The zero-order valence-corrected chi connectivity index (χ0v) is 17.9. The van der Waals surface area contributed by atoms with Crippen molar-refractivity contribution in [1.82, 2.24) is 4.48 Å². The summed E-state index contributed by atoms with van der Waals surface area (Å²) in [7, 11) is 0. The maximum absolute atomic E-state index is 13.1. The summed E-state index contributed by atoms with van der Waals surface area (Å²) >= 11 is 0. The molecule has 0 radical (unpaired) electrons. The molecule has 9 heteroatoms. The zero-order valence-electron chi connectivity index (χ0n) is 17.9. The number of rotatable bonds is 4. The van der Waals surface area contributed by atoms with Crippen LogP contribution in [0.3, 0.4) is 0 Å². The number of urea groups is 1. The SMILES string of the molecule is C#Cc1ccc([N+]2(C(N)=O)C[C@H](O)C[C@]2(C(N)=O)c2ccc(N3CCOCC3=O)cc2)cc1. The van der Waals surface area contributed by atoms with E-state index in [-0.39, 0.29) is 25.5 Å². The molecule has 2 aromatic rings. The molecule has 2 aliphatic rings. The predicted molar refractivity (Wildman–Crippen MR) is 122 cm³/mol. The molecule has 0 saturated carbocycles. The number of benzene rings is 2. The molecule has 2 aromatic carbocycles. The van der Waals surface area contributed by atoms with Gasteiger partial charge in [0.15, 0.2) is 0 Å². The zero-order chi connectivity index (χ0) is 23.8. The summed E-state index contributed by atoms with van der Waals surface area (Å²) in [6.45, 7) is 0.687. The van der Waals surface area contributed by atoms with Crippen molar-refractivity contribution in [2.75, 3.05) is 31.2 Å². The molecule has 0 bridgehead atoms. The normalized spacial score (nSPS) is 27.2. The Morgan fingerprint density at radius 2 is 1.82 bits per heavy atom. The average Bonchev–Trinajstić information content (AvgIpc) is 3.15. The highest BCUT2D eigenvalue weighted by atomic mass is 16.5. The molecule has 4 rings (SSSR count). The fourth-order valence-corrected chi connectivity index (χ4v) is 5.05. The minimum atomic E-state index is -1.66. The van der Waals surface area contributed by atoms with Gasteiger partial charge in [-0.05, 0) is 24.3 Å². The highest BCUT2D eigenvalue weighted by Gasteiger charge is 2.68. The van der Waals surface area contributed by atoms with Gasteiger partial charge >= 0.3 is 6.03 Å². The molecule has 2 heterocycles. The number of terminal acetylenes is 1. The summed E-state index contributed by atoms with van der Waals surface area (Å²) in [6.07, 6.45) is 4.33. The number of anilines is 1. The molecule has 4 amide bonds. The first-order chi connectivity index (χ1) is 15.8. The van der Waals surface area contributed by atoms with Crippen LogP contribution in [0, 0.1) is 12.3 Å². The Morgan fingerprint density at radius 1 is 1.15 bits per heavy atom. The van der Waals surface area contributed by atoms with Crippen LogP contribution in [-0.2, 0) is 19.9 Å². The number of ether oxygens (including phenoxy) is 1. The Hall–Kier alpha value is -3.71. The second kappa shape index (κ2) is 8.33. The summed E-state index contributed by atoms with van der Waals surface area (Å²) in [5, 5.41) is 10.7. The molecule has 2 fully saturated rings. The highest BCUT2D eigenvalue weighted by Crippen LogP contribution is 2.49. The minimum absolute atomic E-state index is 0.00546. The van der Waals surface area contributed by atoms with Gasteiger partial charge in [0.2, 0.25) is 5.54 Å². The maximum Gasteiger partial charge on any atom is 0.420 e. The number of primary amides is 2. The summed E-state index contributed by atoms with van der Waals surface area (Å²) < 4.78 is 4.49. The van der Waals surface area contributed by atoms with Crippen LogP contribution in [0.5, 0.6) is 0 Å². The minimum Gasteiger partial charge on any atom is -0.387 e. The van der Waals surface area contributed by atoms with E-state index in [1.807, 2.05) is 0 Å². The van der Waals surface area contributed by atoms with Crippen molar-refractivity contribution in [2.24, 2.45) is 11.5 Å². The number of hydrogen-bond acceptors (Lipinski definition) is 5. The highest BCUT2D eigenvalue weighted by molar-refractivity contribution is 6.00. The molecular weight excluding hydrogens is 424 g/mol. The second-order valence-electron chi connectivity index (χ2n) is 8.25. The van der Waals surface area contributed by atoms with Crippen molar-refractivity contribution in [3.8, 4) is 12.3 Å². The third kappa shape index (κ3) is 3.36. The average molecular weight is 449 g/mol. The van der Waals surface area contributed by atoms with Crippen LogP contribution in [0.1, 0.15) is 17.5 Å². The van der Waals surface area contributed by atoms with Crippen molar-refractivity contribution in [3.63, 3.8) is 0 Å². The van der Waals surface area contributed by atoms with Crippen LogP contribution in [0.4, 0.5) is 16.2 Å². The van der Waals surface area contributed by atoms with E-state index in [9.17, 15) is 19.5 Å². The summed E-state index contributed by atoms with van der Waals surface area (Å²) in [6, 6.07) is 12.4. The second-order valence-corrected chi connectivity index (χ2v) is 8.25. The van der Waals surface area contributed by atoms with Crippen molar-refractivity contribution >= 4 is 29.2 Å². The fraction of sp³-hybridized carbons (Fsp3) is 0.292. The molecule has 170 valence electrons. The van der Waals surface area contributed by atoms with E-state index in [1.165, 1.54) is 0 Å². The van der Waals surface area contributed by atoms with Crippen molar-refractivity contribution in [1.29, 1.82) is 0 Å². The van der Waals surface area contributed by atoms with Crippen molar-refractivity contribution < 1.29 is 24.2 Å². The molecule has 0 aromatic heterocycles. The van der Waals surface area contributed by atoms with E-state index >= 15 is 0 Å². The third-order valence-corrected chi connectivity index (χ3v) is 6.57. The number of amides is 4. The Labute approximate surface area is 191 Å². The Bertz CT molecular complexity index is 1140. The molecule has 0 spiro atoms. The predicted octanol–water partition coefficient (Wildman–Crippen LogP) is 0.563. The smallest absolute Gasteiger partial charge is 0.387 e. The van der Waals surface area contributed by atoms with Crippen LogP contribution in [0.2, 0.25) is 0 Å². The van der Waals surface area contributed by atoms with Crippen LogP contribution in [0.25, 0.3) is 0 Å². The summed E-state index contributed by atoms with van der Waals surface area (Å²) in [5.41, 5.74) is 12.2.